The Morgan fingerprint density at radius 3 is 2.82 bits per heavy atom. The average molecular weight is 300 g/mol. The number of ketones is 1. The predicted molar refractivity (Wildman–Crippen MR) is 83.0 cm³/mol. The molecule has 0 aliphatic heterocycles. The molecular formula is C19H24O3. The SMILES string of the molecule is C[C@]12C=CC(=O)C=C1CC[C@H]1[C@@H]3CC[C@H](O)[C@@]3(C=O)CC[C@@H]12. The molecule has 0 spiro atoms. The van der Waals surface area contributed by atoms with Gasteiger partial charge in [-0.25, -0.2) is 0 Å². The van der Waals surface area contributed by atoms with E-state index in [0.717, 1.165) is 44.8 Å². The van der Waals surface area contributed by atoms with Crippen molar-refractivity contribution in [1.82, 2.24) is 0 Å². The van der Waals surface area contributed by atoms with Gasteiger partial charge in [0.25, 0.3) is 0 Å². The van der Waals surface area contributed by atoms with Crippen LogP contribution in [-0.4, -0.2) is 23.3 Å². The zero-order valence-electron chi connectivity index (χ0n) is 13.1. The lowest BCUT2D eigenvalue weighted by molar-refractivity contribution is -0.134. The van der Waals surface area contributed by atoms with Crippen LogP contribution in [0, 0.1) is 28.6 Å². The maximum Gasteiger partial charge on any atom is 0.178 e. The van der Waals surface area contributed by atoms with E-state index < -0.39 is 11.5 Å². The van der Waals surface area contributed by atoms with Crippen molar-refractivity contribution in [3.8, 4) is 0 Å². The fourth-order valence-corrected chi connectivity index (χ4v) is 6.12. The molecule has 0 unspecified atom stereocenters. The molecule has 1 N–H and O–H groups in total. The smallest absolute Gasteiger partial charge is 0.178 e. The van der Waals surface area contributed by atoms with Crippen LogP contribution in [0.1, 0.15) is 45.4 Å². The Morgan fingerprint density at radius 2 is 2.05 bits per heavy atom. The second-order valence-corrected chi connectivity index (χ2v) is 7.97. The molecule has 4 aliphatic carbocycles. The third kappa shape index (κ3) is 1.66. The van der Waals surface area contributed by atoms with Crippen LogP contribution < -0.4 is 0 Å². The molecule has 6 atom stereocenters. The van der Waals surface area contributed by atoms with E-state index >= 15 is 0 Å². The summed E-state index contributed by atoms with van der Waals surface area (Å²) < 4.78 is 0. The lowest BCUT2D eigenvalue weighted by atomic mass is 9.48. The normalized spacial score (nSPS) is 49.9. The van der Waals surface area contributed by atoms with Crippen LogP contribution in [-0.2, 0) is 9.59 Å². The first-order valence-electron chi connectivity index (χ1n) is 8.60. The molecule has 3 heteroatoms. The minimum atomic E-state index is -0.493. The maximum absolute atomic E-state index is 11.8. The number of allylic oxidation sites excluding steroid dienone is 4. The van der Waals surface area contributed by atoms with Crippen molar-refractivity contribution in [3.05, 3.63) is 23.8 Å². The molecule has 0 aromatic carbocycles. The average Bonchev–Trinajstić information content (AvgIpc) is 2.86. The fourth-order valence-electron chi connectivity index (χ4n) is 6.12. The largest absolute Gasteiger partial charge is 0.392 e. The minimum absolute atomic E-state index is 0.0284. The van der Waals surface area contributed by atoms with Crippen LogP contribution in [0.3, 0.4) is 0 Å². The summed E-state index contributed by atoms with van der Waals surface area (Å²) in [4.78, 5) is 23.5. The monoisotopic (exact) mass is 300 g/mol. The van der Waals surface area contributed by atoms with E-state index in [-0.39, 0.29) is 11.2 Å². The van der Waals surface area contributed by atoms with Gasteiger partial charge in [0.15, 0.2) is 5.78 Å². The van der Waals surface area contributed by atoms with Crippen LogP contribution >= 0.6 is 0 Å². The number of aldehydes is 1. The molecule has 118 valence electrons. The standard InChI is InChI=1S/C19H24O3/c1-18-8-6-13(21)10-12(18)2-3-14-15(18)7-9-19(11-20)16(14)4-5-17(19)22/h6,8,10-11,14-17,22H,2-5,7,9H2,1H3/t14-,15+,16+,17+,18+,19-/m1/s1. The lowest BCUT2D eigenvalue weighted by Crippen LogP contribution is -2.52. The van der Waals surface area contributed by atoms with E-state index in [1.165, 1.54) is 5.57 Å². The second-order valence-electron chi connectivity index (χ2n) is 7.97. The Bertz CT molecular complexity index is 589. The minimum Gasteiger partial charge on any atom is -0.392 e. The van der Waals surface area contributed by atoms with Crippen LogP contribution in [0.2, 0.25) is 0 Å². The summed E-state index contributed by atoms with van der Waals surface area (Å²) in [6.45, 7) is 2.26. The first-order chi connectivity index (χ1) is 10.5. The van der Waals surface area contributed by atoms with Crippen molar-refractivity contribution in [2.75, 3.05) is 0 Å². The van der Waals surface area contributed by atoms with E-state index in [0.29, 0.717) is 17.8 Å². The second kappa shape index (κ2) is 4.64. The molecule has 0 amide bonds. The quantitative estimate of drug-likeness (QED) is 0.758. The van der Waals surface area contributed by atoms with Crippen molar-refractivity contribution in [3.63, 3.8) is 0 Å². The zero-order chi connectivity index (χ0) is 15.5. The Morgan fingerprint density at radius 1 is 1.23 bits per heavy atom. The highest BCUT2D eigenvalue weighted by Crippen LogP contribution is 2.63. The van der Waals surface area contributed by atoms with Crippen molar-refractivity contribution in [2.45, 2.75) is 51.6 Å². The molecule has 0 heterocycles. The molecule has 3 nitrogen and oxygen atoms in total. The van der Waals surface area contributed by atoms with Gasteiger partial charge < -0.3 is 9.90 Å². The zero-order valence-corrected chi connectivity index (χ0v) is 13.1. The number of hydrogen-bond donors (Lipinski definition) is 1. The van der Waals surface area contributed by atoms with Gasteiger partial charge in [0.2, 0.25) is 0 Å². The summed E-state index contributed by atoms with van der Waals surface area (Å²) in [5.74, 6) is 1.43. The van der Waals surface area contributed by atoms with Gasteiger partial charge in [-0.3, -0.25) is 4.79 Å². The summed E-state index contributed by atoms with van der Waals surface area (Å²) >= 11 is 0. The molecule has 0 aromatic heterocycles. The van der Waals surface area contributed by atoms with Gasteiger partial charge in [-0.15, -0.1) is 0 Å². The molecular weight excluding hydrogens is 276 g/mol. The van der Waals surface area contributed by atoms with E-state index in [2.05, 4.69) is 13.0 Å². The van der Waals surface area contributed by atoms with Crippen molar-refractivity contribution >= 4 is 12.1 Å². The fraction of sp³-hybridized carbons (Fsp3) is 0.684. The van der Waals surface area contributed by atoms with Gasteiger partial charge in [0.05, 0.1) is 11.5 Å². The van der Waals surface area contributed by atoms with E-state index in [9.17, 15) is 14.7 Å². The lowest BCUT2D eigenvalue weighted by Gasteiger charge is -2.55. The van der Waals surface area contributed by atoms with E-state index in [1.54, 1.807) is 6.08 Å². The number of hydrogen-bond acceptors (Lipinski definition) is 3. The van der Waals surface area contributed by atoms with Crippen LogP contribution in [0.15, 0.2) is 23.8 Å². The van der Waals surface area contributed by atoms with Gasteiger partial charge in [0, 0.05) is 5.41 Å². The molecule has 0 radical (unpaired) electrons. The number of fused-ring (bicyclic) bond motifs is 5. The number of rotatable bonds is 1. The molecule has 4 aliphatic rings. The van der Waals surface area contributed by atoms with Crippen molar-refractivity contribution < 1.29 is 14.7 Å². The number of aliphatic hydroxyl groups excluding tert-OH is 1. The van der Waals surface area contributed by atoms with Gasteiger partial charge in [-0.1, -0.05) is 18.6 Å². The predicted octanol–water partition coefficient (Wildman–Crippen LogP) is 2.83. The summed E-state index contributed by atoms with van der Waals surface area (Å²) in [6.07, 6.45) is 11.8. The van der Waals surface area contributed by atoms with Gasteiger partial charge in [-0.05, 0) is 68.4 Å². The molecule has 0 aromatic rings. The highest BCUT2D eigenvalue weighted by molar-refractivity contribution is 6.01. The highest BCUT2D eigenvalue weighted by atomic mass is 16.3. The number of carbonyl (C=O) groups is 2. The van der Waals surface area contributed by atoms with Gasteiger partial charge in [-0.2, -0.15) is 0 Å². The third-order valence-electron chi connectivity index (χ3n) is 7.32. The Balaban J connectivity index is 1.72. The Labute approximate surface area is 131 Å². The first-order valence-corrected chi connectivity index (χ1v) is 8.60. The van der Waals surface area contributed by atoms with Gasteiger partial charge in [0.1, 0.15) is 6.29 Å². The number of aliphatic hydroxyl groups is 1. The van der Waals surface area contributed by atoms with E-state index in [1.807, 2.05) is 6.08 Å². The van der Waals surface area contributed by atoms with Crippen LogP contribution in [0.5, 0.6) is 0 Å². The van der Waals surface area contributed by atoms with Crippen LogP contribution in [0.4, 0.5) is 0 Å². The molecule has 4 rings (SSSR count). The third-order valence-corrected chi connectivity index (χ3v) is 7.32. The highest BCUT2D eigenvalue weighted by Gasteiger charge is 2.60. The van der Waals surface area contributed by atoms with Crippen molar-refractivity contribution in [2.24, 2.45) is 28.6 Å². The molecule has 0 saturated heterocycles. The molecule has 3 saturated carbocycles. The maximum atomic E-state index is 11.8. The summed E-state index contributed by atoms with van der Waals surface area (Å²) in [5, 5.41) is 10.4. The molecule has 3 fully saturated rings. The van der Waals surface area contributed by atoms with Crippen molar-refractivity contribution in [1.29, 1.82) is 0 Å². The Hall–Kier alpha value is -1.22. The number of carbonyl (C=O) groups excluding carboxylic acids is 2. The topological polar surface area (TPSA) is 54.4 Å². The van der Waals surface area contributed by atoms with Crippen LogP contribution in [0.25, 0.3) is 0 Å². The first kappa shape index (κ1) is 14.4. The Kier molecular flexibility index (Phi) is 3.03. The van der Waals surface area contributed by atoms with Gasteiger partial charge >= 0.3 is 0 Å². The summed E-state index contributed by atoms with van der Waals surface area (Å²) in [7, 11) is 0. The molecule has 0 bridgehead atoms. The summed E-state index contributed by atoms with van der Waals surface area (Å²) in [5.41, 5.74) is 0.755. The molecule has 22 heavy (non-hydrogen) atoms. The van der Waals surface area contributed by atoms with E-state index in [4.69, 9.17) is 0 Å². The summed E-state index contributed by atoms with van der Waals surface area (Å²) in [6, 6.07) is 0.